The molecule has 1 atom stereocenters. The topological polar surface area (TPSA) is 112 Å². The highest BCUT2D eigenvalue weighted by Gasteiger charge is 2.41. The van der Waals surface area contributed by atoms with Gasteiger partial charge in [-0.15, -0.1) is 0 Å². The van der Waals surface area contributed by atoms with Crippen LogP contribution in [0.5, 0.6) is 0 Å². The number of H-pyrrole nitrogens is 1. The van der Waals surface area contributed by atoms with Crippen molar-refractivity contribution in [3.8, 4) is 0 Å². The molecule has 0 amide bonds. The molecular formula is C10H14N4O3. The minimum Gasteiger partial charge on any atom is -0.480 e. The molecule has 1 aliphatic heterocycles. The van der Waals surface area contributed by atoms with Crippen LogP contribution in [0.25, 0.3) is 0 Å². The first-order chi connectivity index (χ1) is 7.90. The molecule has 0 aromatic carbocycles. The largest absolute Gasteiger partial charge is 0.480 e. The van der Waals surface area contributed by atoms with Crippen LogP contribution in [0.1, 0.15) is 12.2 Å². The van der Waals surface area contributed by atoms with Gasteiger partial charge in [-0.25, -0.2) is 4.98 Å². The van der Waals surface area contributed by atoms with Gasteiger partial charge >= 0.3 is 5.97 Å². The van der Waals surface area contributed by atoms with Crippen LogP contribution in [0.4, 0.5) is 5.82 Å². The molecule has 1 aromatic rings. The molecule has 0 aliphatic carbocycles. The zero-order valence-electron chi connectivity index (χ0n) is 9.43. The number of aromatic nitrogens is 2. The smallest absolute Gasteiger partial charge is 0.325 e. The Morgan fingerprint density at radius 3 is 2.94 bits per heavy atom. The quantitative estimate of drug-likeness (QED) is 0.613. The van der Waals surface area contributed by atoms with Gasteiger partial charge in [0.25, 0.3) is 5.56 Å². The molecule has 7 heteroatoms. The highest BCUT2D eigenvalue weighted by Crippen LogP contribution is 2.23. The van der Waals surface area contributed by atoms with Gasteiger partial charge in [0, 0.05) is 19.2 Å². The summed E-state index contributed by atoms with van der Waals surface area (Å²) in [6, 6.07) is 1.35. The average molecular weight is 238 g/mol. The Hall–Kier alpha value is -1.89. The summed E-state index contributed by atoms with van der Waals surface area (Å²) >= 11 is 0. The summed E-state index contributed by atoms with van der Waals surface area (Å²) in [5.41, 5.74) is 4.25. The van der Waals surface area contributed by atoms with Gasteiger partial charge in [0.1, 0.15) is 17.2 Å². The van der Waals surface area contributed by atoms with E-state index < -0.39 is 11.5 Å². The van der Waals surface area contributed by atoms with E-state index in [1.165, 1.54) is 6.07 Å². The molecule has 7 nitrogen and oxygen atoms in total. The number of hydrogen-bond acceptors (Lipinski definition) is 5. The molecule has 1 unspecified atom stereocenters. The van der Waals surface area contributed by atoms with E-state index in [0.29, 0.717) is 24.6 Å². The molecule has 0 bridgehead atoms. The van der Waals surface area contributed by atoms with Crippen LogP contribution in [0, 0.1) is 6.92 Å². The maximum absolute atomic E-state index is 11.3. The molecule has 0 saturated carbocycles. The standard InChI is InChI=1S/C10H14N4O3/c1-6-12-7(4-8(15)13-6)14-3-2-10(11,5-14)9(16)17/h4H,2-3,5,11H2,1H3,(H,16,17)(H,12,13,15). The van der Waals surface area contributed by atoms with Crippen molar-refractivity contribution in [2.45, 2.75) is 18.9 Å². The SMILES string of the molecule is Cc1nc(N2CCC(N)(C(=O)O)C2)cc(=O)[nH]1. The summed E-state index contributed by atoms with van der Waals surface area (Å²) in [5, 5.41) is 9.01. The molecule has 1 fully saturated rings. The van der Waals surface area contributed by atoms with Crippen molar-refractivity contribution in [3.63, 3.8) is 0 Å². The number of nitrogens with zero attached hydrogens (tertiary/aromatic N) is 2. The number of anilines is 1. The van der Waals surface area contributed by atoms with Crippen molar-refractivity contribution < 1.29 is 9.90 Å². The Morgan fingerprint density at radius 1 is 1.71 bits per heavy atom. The van der Waals surface area contributed by atoms with E-state index >= 15 is 0 Å². The van der Waals surface area contributed by atoms with Gasteiger partial charge in [0.05, 0.1) is 0 Å². The molecule has 1 aromatic heterocycles. The predicted molar refractivity (Wildman–Crippen MR) is 61.0 cm³/mol. The number of hydrogen-bond donors (Lipinski definition) is 3. The van der Waals surface area contributed by atoms with E-state index in [1.54, 1.807) is 11.8 Å². The van der Waals surface area contributed by atoms with Crippen LogP contribution in [-0.2, 0) is 4.79 Å². The number of carboxylic acids is 1. The molecule has 0 spiro atoms. The summed E-state index contributed by atoms with van der Waals surface area (Å²) in [7, 11) is 0. The van der Waals surface area contributed by atoms with E-state index in [4.69, 9.17) is 10.8 Å². The molecule has 17 heavy (non-hydrogen) atoms. The Kier molecular flexibility index (Phi) is 2.62. The zero-order valence-corrected chi connectivity index (χ0v) is 9.43. The number of nitrogens with two attached hydrogens (primary N) is 1. The molecule has 92 valence electrons. The van der Waals surface area contributed by atoms with Crippen molar-refractivity contribution >= 4 is 11.8 Å². The van der Waals surface area contributed by atoms with Crippen molar-refractivity contribution in [3.05, 3.63) is 22.2 Å². The summed E-state index contributed by atoms with van der Waals surface area (Å²) in [6.45, 7) is 2.32. The van der Waals surface area contributed by atoms with E-state index in [0.717, 1.165) is 0 Å². The fourth-order valence-corrected chi connectivity index (χ4v) is 1.93. The maximum atomic E-state index is 11.3. The Bertz CT molecular complexity index is 513. The minimum absolute atomic E-state index is 0.165. The number of aromatic amines is 1. The van der Waals surface area contributed by atoms with E-state index in [9.17, 15) is 9.59 Å². The van der Waals surface area contributed by atoms with Gasteiger partial charge < -0.3 is 20.7 Å². The average Bonchev–Trinajstić information content (AvgIpc) is 2.61. The highest BCUT2D eigenvalue weighted by molar-refractivity contribution is 5.80. The number of aliphatic carboxylic acids is 1. The lowest BCUT2D eigenvalue weighted by Gasteiger charge is -2.20. The predicted octanol–water partition coefficient (Wildman–Crippen LogP) is -0.929. The van der Waals surface area contributed by atoms with Crippen LogP contribution in [0.2, 0.25) is 0 Å². The minimum atomic E-state index is -1.25. The third-order valence-corrected chi connectivity index (χ3v) is 2.90. The summed E-state index contributed by atoms with van der Waals surface area (Å²) in [4.78, 5) is 30.7. The lowest BCUT2D eigenvalue weighted by molar-refractivity contribution is -0.142. The third kappa shape index (κ3) is 2.14. The van der Waals surface area contributed by atoms with E-state index in [2.05, 4.69) is 9.97 Å². The second-order valence-electron chi connectivity index (χ2n) is 4.32. The van der Waals surface area contributed by atoms with Gasteiger partial charge in [-0.1, -0.05) is 0 Å². The second kappa shape index (κ2) is 3.85. The normalized spacial score (nSPS) is 24.0. The first-order valence-corrected chi connectivity index (χ1v) is 5.26. The Labute approximate surface area is 97.3 Å². The first kappa shape index (κ1) is 11.6. The molecule has 4 N–H and O–H groups in total. The van der Waals surface area contributed by atoms with Gasteiger partial charge in [-0.2, -0.15) is 0 Å². The Morgan fingerprint density at radius 2 is 2.41 bits per heavy atom. The number of aryl methyl sites for hydroxylation is 1. The van der Waals surface area contributed by atoms with Crippen molar-refractivity contribution in [2.75, 3.05) is 18.0 Å². The number of carboxylic acid groups (broad SMARTS) is 1. The van der Waals surface area contributed by atoms with Gasteiger partial charge in [0.15, 0.2) is 0 Å². The molecule has 1 aliphatic rings. The van der Waals surface area contributed by atoms with Crippen LogP contribution >= 0.6 is 0 Å². The zero-order chi connectivity index (χ0) is 12.6. The van der Waals surface area contributed by atoms with Gasteiger partial charge in [-0.05, 0) is 13.3 Å². The third-order valence-electron chi connectivity index (χ3n) is 2.90. The number of rotatable bonds is 2. The first-order valence-electron chi connectivity index (χ1n) is 5.26. The van der Waals surface area contributed by atoms with Crippen LogP contribution in [0.15, 0.2) is 10.9 Å². The van der Waals surface area contributed by atoms with Gasteiger partial charge in [0.2, 0.25) is 0 Å². The molecule has 0 radical (unpaired) electrons. The lowest BCUT2D eigenvalue weighted by Crippen LogP contribution is -2.50. The second-order valence-corrected chi connectivity index (χ2v) is 4.32. The van der Waals surface area contributed by atoms with Crippen LogP contribution in [-0.4, -0.2) is 39.7 Å². The van der Waals surface area contributed by atoms with Crippen molar-refractivity contribution in [2.24, 2.45) is 5.73 Å². The van der Waals surface area contributed by atoms with Crippen molar-refractivity contribution in [1.82, 2.24) is 9.97 Å². The maximum Gasteiger partial charge on any atom is 0.325 e. The fraction of sp³-hybridized carbons (Fsp3) is 0.500. The summed E-state index contributed by atoms with van der Waals surface area (Å²) in [5.74, 6) is -0.0567. The van der Waals surface area contributed by atoms with Crippen LogP contribution < -0.4 is 16.2 Å². The van der Waals surface area contributed by atoms with E-state index in [1.807, 2.05) is 0 Å². The monoisotopic (exact) mass is 238 g/mol. The van der Waals surface area contributed by atoms with E-state index in [-0.39, 0.29) is 12.1 Å². The number of nitrogens with one attached hydrogen (secondary N) is 1. The lowest BCUT2D eigenvalue weighted by atomic mass is 10.0. The van der Waals surface area contributed by atoms with Crippen molar-refractivity contribution in [1.29, 1.82) is 0 Å². The number of carbonyl (C=O) groups is 1. The molecule has 2 rings (SSSR count). The molecular weight excluding hydrogens is 224 g/mol. The Balaban J connectivity index is 2.26. The van der Waals surface area contributed by atoms with Gasteiger partial charge in [-0.3, -0.25) is 9.59 Å². The molecule has 2 heterocycles. The fourth-order valence-electron chi connectivity index (χ4n) is 1.93. The summed E-state index contributed by atoms with van der Waals surface area (Å²) in [6.07, 6.45) is 0.343. The highest BCUT2D eigenvalue weighted by atomic mass is 16.4. The molecule has 1 saturated heterocycles. The van der Waals surface area contributed by atoms with Crippen LogP contribution in [0.3, 0.4) is 0 Å². The summed E-state index contributed by atoms with van der Waals surface area (Å²) < 4.78 is 0.